The first-order valence-corrected chi connectivity index (χ1v) is 11.9. The Morgan fingerprint density at radius 1 is 1.24 bits per heavy atom. The minimum absolute atomic E-state index is 0.0247. The summed E-state index contributed by atoms with van der Waals surface area (Å²) in [5, 5.41) is 3.12. The van der Waals surface area contributed by atoms with Gasteiger partial charge in [0.1, 0.15) is 10.6 Å². The van der Waals surface area contributed by atoms with Crippen molar-refractivity contribution in [1.82, 2.24) is 4.31 Å². The first-order valence-electron chi connectivity index (χ1n) is 9.42. The lowest BCUT2D eigenvalue weighted by atomic mass is 9.91. The van der Waals surface area contributed by atoms with E-state index in [-0.39, 0.29) is 16.6 Å². The molecule has 3 rings (SSSR count). The molecule has 0 aromatic heterocycles. The summed E-state index contributed by atoms with van der Waals surface area (Å²) in [6, 6.07) is 13.0. The molecule has 2 aromatic carbocycles. The summed E-state index contributed by atoms with van der Waals surface area (Å²) in [6.45, 7) is 0. The summed E-state index contributed by atoms with van der Waals surface area (Å²) < 4.78 is 31.4. The Hall–Kier alpha value is -2.03. The van der Waals surface area contributed by atoms with Crippen molar-refractivity contribution in [3.8, 4) is 5.75 Å². The van der Waals surface area contributed by atoms with Gasteiger partial charge in [-0.1, -0.05) is 24.3 Å². The third kappa shape index (κ3) is 4.94. The maximum Gasteiger partial charge on any atom is 0.246 e. The lowest BCUT2D eigenvalue weighted by Crippen LogP contribution is -2.23. The molecule has 0 saturated carbocycles. The molecule has 2 aromatic rings. The molecule has 29 heavy (non-hydrogen) atoms. The van der Waals surface area contributed by atoms with Crippen molar-refractivity contribution < 1.29 is 17.9 Å². The number of nitrogens with one attached hydrogen (secondary N) is 1. The van der Waals surface area contributed by atoms with Crippen LogP contribution in [0.3, 0.4) is 0 Å². The minimum Gasteiger partial charge on any atom is -0.495 e. The van der Waals surface area contributed by atoms with Crippen molar-refractivity contribution in [2.75, 3.05) is 32.3 Å². The molecule has 1 N–H and O–H groups in total. The zero-order chi connectivity index (χ0) is 21.0. The fraction of sp³-hybridized carbons (Fsp3) is 0.381. The zero-order valence-electron chi connectivity index (χ0n) is 16.8. The van der Waals surface area contributed by atoms with E-state index < -0.39 is 10.0 Å². The molecule has 1 aliphatic rings. The first kappa shape index (κ1) is 21.7. The van der Waals surface area contributed by atoms with E-state index in [9.17, 15) is 13.2 Å². The number of amides is 1. The van der Waals surface area contributed by atoms with Crippen LogP contribution in [0, 0.1) is 0 Å². The van der Waals surface area contributed by atoms with Gasteiger partial charge in [0.15, 0.2) is 0 Å². The Labute approximate surface area is 176 Å². The summed E-state index contributed by atoms with van der Waals surface area (Å²) in [4.78, 5) is 12.5. The number of hydrogen-bond donors (Lipinski definition) is 1. The number of carbonyl (C=O) groups excluding carboxylic acids is 1. The molecule has 1 amide bonds. The second-order valence-corrected chi connectivity index (χ2v) is 10.4. The normalized spacial score (nSPS) is 16.3. The predicted molar refractivity (Wildman–Crippen MR) is 117 cm³/mol. The summed E-state index contributed by atoms with van der Waals surface area (Å²) in [6.07, 6.45) is 3.28. The summed E-state index contributed by atoms with van der Waals surface area (Å²) in [5.41, 5.74) is 3.12. The van der Waals surface area contributed by atoms with Crippen LogP contribution < -0.4 is 10.1 Å². The number of sulfonamides is 1. The molecule has 1 atom stereocenters. The molecule has 1 unspecified atom stereocenters. The molecule has 0 radical (unpaired) electrons. The quantitative estimate of drug-likeness (QED) is 0.719. The van der Waals surface area contributed by atoms with E-state index in [2.05, 4.69) is 23.5 Å². The van der Waals surface area contributed by atoms with Crippen LogP contribution in [0.1, 0.15) is 29.2 Å². The molecular formula is C21H26N2O4S2. The van der Waals surface area contributed by atoms with E-state index in [0.717, 1.165) is 23.6 Å². The van der Waals surface area contributed by atoms with Crippen molar-refractivity contribution >= 4 is 33.4 Å². The molecular weight excluding hydrogens is 408 g/mol. The standard InChI is InChI=1S/C21H26N2O4S2/c1-23(2)29(25,26)20-13-16(11-12-18(20)27-3)22-21(24)14-28-19-10-6-8-15-7-4-5-9-17(15)19/h4-5,7,9,11-13,19H,6,8,10,14H2,1-3H3,(H,22,24). The highest BCUT2D eigenvalue weighted by Gasteiger charge is 2.24. The largest absolute Gasteiger partial charge is 0.495 e. The molecule has 156 valence electrons. The van der Waals surface area contributed by atoms with Gasteiger partial charge in [0.05, 0.1) is 12.9 Å². The Bertz CT molecular complexity index is 990. The van der Waals surface area contributed by atoms with Gasteiger partial charge in [0, 0.05) is 25.0 Å². The van der Waals surface area contributed by atoms with Gasteiger partial charge in [-0.3, -0.25) is 4.79 Å². The smallest absolute Gasteiger partial charge is 0.246 e. The van der Waals surface area contributed by atoms with Gasteiger partial charge in [-0.15, -0.1) is 11.8 Å². The Morgan fingerprint density at radius 2 is 2.00 bits per heavy atom. The van der Waals surface area contributed by atoms with Crippen LogP contribution in [-0.4, -0.2) is 45.6 Å². The third-order valence-corrected chi connectivity index (χ3v) is 8.09. The van der Waals surface area contributed by atoms with E-state index in [0.29, 0.717) is 16.7 Å². The number of ether oxygens (including phenoxy) is 1. The SMILES string of the molecule is COc1ccc(NC(=O)CSC2CCCc3ccccc32)cc1S(=O)(=O)N(C)C. The van der Waals surface area contributed by atoms with Crippen LogP contribution >= 0.6 is 11.8 Å². The van der Waals surface area contributed by atoms with E-state index in [4.69, 9.17) is 4.74 Å². The van der Waals surface area contributed by atoms with E-state index in [1.807, 2.05) is 6.07 Å². The second kappa shape index (κ2) is 9.19. The maximum atomic E-state index is 12.5. The van der Waals surface area contributed by atoms with Gasteiger partial charge in [-0.05, 0) is 48.6 Å². The number of thioether (sulfide) groups is 1. The van der Waals surface area contributed by atoms with Crippen LogP contribution in [0.5, 0.6) is 5.75 Å². The Balaban J connectivity index is 1.69. The average Bonchev–Trinajstić information content (AvgIpc) is 2.72. The highest BCUT2D eigenvalue weighted by Crippen LogP contribution is 2.39. The number of nitrogens with zero attached hydrogens (tertiary/aromatic N) is 1. The van der Waals surface area contributed by atoms with Gasteiger partial charge >= 0.3 is 0 Å². The highest BCUT2D eigenvalue weighted by atomic mass is 32.2. The third-order valence-electron chi connectivity index (χ3n) is 4.94. The topological polar surface area (TPSA) is 75.7 Å². The number of benzene rings is 2. The first-order chi connectivity index (χ1) is 13.8. The van der Waals surface area contributed by atoms with Crippen molar-refractivity contribution in [1.29, 1.82) is 0 Å². The molecule has 0 fully saturated rings. The summed E-state index contributed by atoms with van der Waals surface area (Å²) in [7, 11) is 0.643. The number of carbonyl (C=O) groups is 1. The van der Waals surface area contributed by atoms with Crippen LogP contribution in [0.2, 0.25) is 0 Å². The molecule has 0 spiro atoms. The Morgan fingerprint density at radius 3 is 2.72 bits per heavy atom. The lowest BCUT2D eigenvalue weighted by Gasteiger charge is -2.24. The monoisotopic (exact) mass is 434 g/mol. The number of hydrogen-bond acceptors (Lipinski definition) is 5. The van der Waals surface area contributed by atoms with Gasteiger partial charge in [0.25, 0.3) is 0 Å². The molecule has 0 saturated heterocycles. The molecule has 1 aliphatic carbocycles. The van der Waals surface area contributed by atoms with Gasteiger partial charge in [-0.2, -0.15) is 0 Å². The number of methoxy groups -OCH3 is 1. The van der Waals surface area contributed by atoms with Crippen molar-refractivity contribution in [3.05, 3.63) is 53.6 Å². The number of rotatable bonds is 7. The Kier molecular flexibility index (Phi) is 6.87. The van der Waals surface area contributed by atoms with Crippen molar-refractivity contribution in [2.24, 2.45) is 0 Å². The van der Waals surface area contributed by atoms with Crippen LogP contribution in [0.15, 0.2) is 47.4 Å². The van der Waals surface area contributed by atoms with E-state index >= 15 is 0 Å². The van der Waals surface area contributed by atoms with E-state index in [1.165, 1.54) is 38.4 Å². The molecule has 8 heteroatoms. The van der Waals surface area contributed by atoms with Gasteiger partial charge in [-0.25, -0.2) is 12.7 Å². The number of anilines is 1. The van der Waals surface area contributed by atoms with Crippen LogP contribution in [0.4, 0.5) is 5.69 Å². The zero-order valence-corrected chi connectivity index (χ0v) is 18.5. The average molecular weight is 435 g/mol. The molecule has 0 heterocycles. The van der Waals surface area contributed by atoms with E-state index in [1.54, 1.807) is 23.9 Å². The molecule has 0 aliphatic heterocycles. The fourth-order valence-electron chi connectivity index (χ4n) is 3.41. The highest BCUT2D eigenvalue weighted by molar-refractivity contribution is 8.00. The fourth-order valence-corrected chi connectivity index (χ4v) is 5.65. The minimum atomic E-state index is -3.69. The van der Waals surface area contributed by atoms with Crippen LogP contribution in [-0.2, 0) is 21.2 Å². The number of aryl methyl sites for hydroxylation is 1. The van der Waals surface area contributed by atoms with Crippen LogP contribution in [0.25, 0.3) is 0 Å². The summed E-state index contributed by atoms with van der Waals surface area (Å²) >= 11 is 1.63. The van der Waals surface area contributed by atoms with Gasteiger partial charge < -0.3 is 10.1 Å². The number of fused-ring (bicyclic) bond motifs is 1. The van der Waals surface area contributed by atoms with Crippen molar-refractivity contribution in [2.45, 2.75) is 29.4 Å². The lowest BCUT2D eigenvalue weighted by molar-refractivity contribution is -0.113. The van der Waals surface area contributed by atoms with Crippen molar-refractivity contribution in [3.63, 3.8) is 0 Å². The predicted octanol–water partition coefficient (Wildman–Crippen LogP) is 3.69. The maximum absolute atomic E-state index is 12.5. The molecule has 6 nitrogen and oxygen atoms in total. The second-order valence-electron chi connectivity index (χ2n) is 7.09. The summed E-state index contributed by atoms with van der Waals surface area (Å²) in [5.74, 6) is 0.391. The van der Waals surface area contributed by atoms with Gasteiger partial charge in [0.2, 0.25) is 15.9 Å². The molecule has 0 bridgehead atoms.